The van der Waals surface area contributed by atoms with E-state index in [1.165, 1.54) is 0 Å². The van der Waals surface area contributed by atoms with Crippen molar-refractivity contribution in [1.82, 2.24) is 10.2 Å². The van der Waals surface area contributed by atoms with Gasteiger partial charge >= 0.3 is 6.18 Å². The number of alkyl halides is 3. The van der Waals surface area contributed by atoms with Gasteiger partial charge in [0.15, 0.2) is 0 Å². The quantitative estimate of drug-likeness (QED) is 0.856. The predicted molar refractivity (Wildman–Crippen MR) is 54.1 cm³/mol. The minimum atomic E-state index is -4.42. The molecule has 1 atom stereocenters. The highest BCUT2D eigenvalue weighted by molar-refractivity contribution is 7.15. The van der Waals surface area contributed by atoms with Crippen LogP contribution in [-0.4, -0.2) is 22.8 Å². The van der Waals surface area contributed by atoms with Gasteiger partial charge in [-0.05, 0) is 18.8 Å². The Kier molecular flexibility index (Phi) is 3.02. The summed E-state index contributed by atoms with van der Waals surface area (Å²) < 4.78 is 36.6. The molecule has 0 aromatic carbocycles. The monoisotopic (exact) mass is 252 g/mol. The lowest BCUT2D eigenvalue weighted by molar-refractivity contribution is -0.138. The molecule has 0 aliphatic heterocycles. The molecule has 16 heavy (non-hydrogen) atoms. The van der Waals surface area contributed by atoms with Gasteiger partial charge in [-0.1, -0.05) is 11.3 Å². The van der Waals surface area contributed by atoms with Gasteiger partial charge in [0.05, 0.1) is 0 Å². The second-order valence-electron chi connectivity index (χ2n) is 3.79. The molecule has 1 fully saturated rings. The maximum absolute atomic E-state index is 12.2. The number of nitrogens with zero attached hydrogens (tertiary/aromatic N) is 2. The average Bonchev–Trinajstić information content (AvgIpc) is 2.92. The third kappa shape index (κ3) is 2.82. The number of rotatable bonds is 4. The molecule has 4 nitrogen and oxygen atoms in total. The van der Waals surface area contributed by atoms with Crippen LogP contribution in [0.15, 0.2) is 0 Å². The van der Waals surface area contributed by atoms with Gasteiger partial charge in [0, 0.05) is 12.6 Å². The molecule has 1 aliphatic rings. The highest BCUT2D eigenvalue weighted by atomic mass is 32.1. The van der Waals surface area contributed by atoms with Gasteiger partial charge in [-0.2, -0.15) is 13.2 Å². The van der Waals surface area contributed by atoms with Crippen LogP contribution >= 0.6 is 11.3 Å². The molecule has 1 heterocycles. The number of anilines is 1. The molecule has 0 amide bonds. The van der Waals surface area contributed by atoms with Crippen molar-refractivity contribution in [3.05, 3.63) is 5.01 Å². The predicted octanol–water partition coefficient (Wildman–Crippen LogP) is 1.71. The second kappa shape index (κ2) is 4.17. The van der Waals surface area contributed by atoms with Crippen molar-refractivity contribution in [2.45, 2.75) is 25.1 Å². The zero-order valence-corrected chi connectivity index (χ0v) is 9.11. The zero-order valence-electron chi connectivity index (χ0n) is 8.29. The minimum absolute atomic E-state index is 0.0155. The SMILES string of the molecule is NC(CNc1nnc(C(F)(F)F)s1)C1CC1. The first-order chi connectivity index (χ1) is 7.47. The van der Waals surface area contributed by atoms with E-state index in [0.29, 0.717) is 23.8 Å². The van der Waals surface area contributed by atoms with Crippen LogP contribution in [0.25, 0.3) is 0 Å². The summed E-state index contributed by atoms with van der Waals surface area (Å²) in [6.45, 7) is 0.442. The summed E-state index contributed by atoms with van der Waals surface area (Å²) >= 11 is 0.500. The summed E-state index contributed by atoms with van der Waals surface area (Å²) in [5.74, 6) is 0.502. The lowest BCUT2D eigenvalue weighted by Gasteiger charge is -2.09. The summed E-state index contributed by atoms with van der Waals surface area (Å²) in [5.41, 5.74) is 5.79. The lowest BCUT2D eigenvalue weighted by Crippen LogP contribution is -2.30. The Balaban J connectivity index is 1.87. The third-order valence-corrected chi connectivity index (χ3v) is 3.31. The Morgan fingerprint density at radius 3 is 2.62 bits per heavy atom. The largest absolute Gasteiger partial charge is 0.445 e. The molecule has 3 N–H and O–H groups in total. The average molecular weight is 252 g/mol. The molecule has 0 bridgehead atoms. The van der Waals surface area contributed by atoms with Gasteiger partial charge in [0.1, 0.15) is 0 Å². The summed E-state index contributed by atoms with van der Waals surface area (Å²) in [7, 11) is 0. The molecular weight excluding hydrogens is 241 g/mol. The van der Waals surface area contributed by atoms with Crippen LogP contribution in [-0.2, 0) is 6.18 Å². The fourth-order valence-corrected chi connectivity index (χ4v) is 1.92. The van der Waals surface area contributed by atoms with Gasteiger partial charge in [0.25, 0.3) is 0 Å². The van der Waals surface area contributed by atoms with Crippen LogP contribution in [0.5, 0.6) is 0 Å². The van der Waals surface area contributed by atoms with E-state index in [1.54, 1.807) is 0 Å². The van der Waals surface area contributed by atoms with E-state index in [-0.39, 0.29) is 11.2 Å². The maximum Gasteiger partial charge on any atom is 0.445 e. The van der Waals surface area contributed by atoms with Crippen molar-refractivity contribution >= 4 is 16.5 Å². The van der Waals surface area contributed by atoms with Crippen LogP contribution in [0.1, 0.15) is 17.8 Å². The van der Waals surface area contributed by atoms with Crippen LogP contribution in [0.3, 0.4) is 0 Å². The van der Waals surface area contributed by atoms with Crippen molar-refractivity contribution in [2.75, 3.05) is 11.9 Å². The van der Waals surface area contributed by atoms with E-state index in [0.717, 1.165) is 12.8 Å². The van der Waals surface area contributed by atoms with Gasteiger partial charge in [-0.15, -0.1) is 10.2 Å². The smallest absolute Gasteiger partial charge is 0.359 e. The van der Waals surface area contributed by atoms with Gasteiger partial charge < -0.3 is 11.1 Å². The fourth-order valence-electron chi connectivity index (χ4n) is 1.31. The topological polar surface area (TPSA) is 63.8 Å². The first-order valence-corrected chi connectivity index (χ1v) is 5.68. The number of hydrogen-bond donors (Lipinski definition) is 2. The summed E-state index contributed by atoms with van der Waals surface area (Å²) in [5, 5.41) is 8.50. The number of hydrogen-bond acceptors (Lipinski definition) is 5. The molecule has 2 rings (SSSR count). The molecule has 8 heteroatoms. The zero-order chi connectivity index (χ0) is 11.8. The molecule has 1 aromatic rings. The highest BCUT2D eigenvalue weighted by Gasteiger charge is 2.35. The highest BCUT2D eigenvalue weighted by Crippen LogP contribution is 2.34. The molecule has 90 valence electrons. The lowest BCUT2D eigenvalue weighted by atomic mass is 10.2. The standard InChI is InChI=1S/C8H11F3N4S/c9-8(10,11)6-14-15-7(16-6)13-3-5(12)4-1-2-4/h4-5H,1-3,12H2,(H,13,15). The van der Waals surface area contributed by atoms with Crippen molar-refractivity contribution < 1.29 is 13.2 Å². The molecule has 0 radical (unpaired) electrons. The molecule has 1 unspecified atom stereocenters. The van der Waals surface area contributed by atoms with E-state index < -0.39 is 11.2 Å². The van der Waals surface area contributed by atoms with E-state index >= 15 is 0 Å². The molecule has 0 spiro atoms. The summed E-state index contributed by atoms with van der Waals surface area (Å²) in [6, 6.07) is -0.0155. The molecular formula is C8H11F3N4S. The third-order valence-electron chi connectivity index (χ3n) is 2.38. The Morgan fingerprint density at radius 2 is 2.12 bits per heavy atom. The Morgan fingerprint density at radius 1 is 1.44 bits per heavy atom. The number of aromatic nitrogens is 2. The van der Waals surface area contributed by atoms with Gasteiger partial charge in [-0.25, -0.2) is 0 Å². The number of nitrogens with one attached hydrogen (secondary N) is 1. The van der Waals surface area contributed by atoms with Crippen LogP contribution in [0.2, 0.25) is 0 Å². The first-order valence-electron chi connectivity index (χ1n) is 4.87. The van der Waals surface area contributed by atoms with Crippen LogP contribution < -0.4 is 11.1 Å². The minimum Gasteiger partial charge on any atom is -0.359 e. The van der Waals surface area contributed by atoms with Crippen molar-refractivity contribution in [2.24, 2.45) is 11.7 Å². The summed E-state index contributed by atoms with van der Waals surface area (Å²) in [4.78, 5) is 0. The normalized spacial score (nSPS) is 18.5. The van der Waals surface area contributed by atoms with E-state index in [9.17, 15) is 13.2 Å². The maximum atomic E-state index is 12.2. The van der Waals surface area contributed by atoms with Crippen molar-refractivity contribution in [1.29, 1.82) is 0 Å². The molecule has 0 saturated heterocycles. The van der Waals surface area contributed by atoms with E-state index in [4.69, 9.17) is 5.73 Å². The number of nitrogens with two attached hydrogens (primary N) is 1. The second-order valence-corrected chi connectivity index (χ2v) is 4.77. The fraction of sp³-hybridized carbons (Fsp3) is 0.750. The Labute approximate surface area is 94.0 Å². The first kappa shape index (κ1) is 11.6. The molecule has 1 aromatic heterocycles. The molecule has 1 saturated carbocycles. The van der Waals surface area contributed by atoms with Gasteiger partial charge in [0.2, 0.25) is 10.1 Å². The molecule has 1 aliphatic carbocycles. The van der Waals surface area contributed by atoms with Gasteiger partial charge in [-0.3, -0.25) is 0 Å². The van der Waals surface area contributed by atoms with Crippen molar-refractivity contribution in [3.63, 3.8) is 0 Å². The number of halogens is 3. The summed E-state index contributed by atoms with van der Waals surface area (Å²) in [6.07, 6.45) is -2.21. The Bertz CT molecular complexity index is 360. The Hall–Kier alpha value is -0.890. The van der Waals surface area contributed by atoms with Crippen molar-refractivity contribution in [3.8, 4) is 0 Å². The van der Waals surface area contributed by atoms with E-state index in [2.05, 4.69) is 15.5 Å². The van der Waals surface area contributed by atoms with Crippen LogP contribution in [0.4, 0.5) is 18.3 Å². The van der Waals surface area contributed by atoms with E-state index in [1.807, 2.05) is 0 Å². The van der Waals surface area contributed by atoms with Crippen LogP contribution in [0, 0.1) is 5.92 Å².